The van der Waals surface area contributed by atoms with Crippen molar-refractivity contribution in [3.63, 3.8) is 0 Å². The molecule has 4 nitrogen and oxygen atoms in total. The summed E-state index contributed by atoms with van der Waals surface area (Å²) in [5, 5.41) is 0.973. The molecule has 3 aromatic heterocycles. The normalized spacial score (nSPS) is 10.6. The van der Waals surface area contributed by atoms with Gasteiger partial charge < -0.3 is 0 Å². The fourth-order valence-electron chi connectivity index (χ4n) is 1.85. The van der Waals surface area contributed by atoms with Crippen LogP contribution in [-0.4, -0.2) is 19.9 Å². The van der Waals surface area contributed by atoms with Crippen molar-refractivity contribution in [3.8, 4) is 11.4 Å². The van der Waals surface area contributed by atoms with Gasteiger partial charge in [0.15, 0.2) is 5.82 Å². The lowest BCUT2D eigenvalue weighted by molar-refractivity contribution is 0.971. The fourth-order valence-corrected chi connectivity index (χ4v) is 2.76. The van der Waals surface area contributed by atoms with Gasteiger partial charge in [-0.05, 0) is 38.1 Å². The van der Waals surface area contributed by atoms with Crippen LogP contribution in [0.3, 0.4) is 0 Å². The van der Waals surface area contributed by atoms with Crippen molar-refractivity contribution >= 4 is 11.8 Å². The average molecular weight is 294 g/mol. The van der Waals surface area contributed by atoms with Crippen molar-refractivity contribution in [1.29, 1.82) is 0 Å². The van der Waals surface area contributed by atoms with E-state index in [4.69, 9.17) is 4.98 Å². The SMILES string of the molecule is Cc1nc(-c2ccncc2)nc(Sc2ccncc2)c1C. The van der Waals surface area contributed by atoms with Crippen molar-refractivity contribution in [1.82, 2.24) is 19.9 Å². The third kappa shape index (κ3) is 3.08. The van der Waals surface area contributed by atoms with E-state index in [1.807, 2.05) is 31.2 Å². The Morgan fingerprint density at radius 2 is 1.43 bits per heavy atom. The van der Waals surface area contributed by atoms with E-state index in [0.29, 0.717) is 0 Å². The Hall–Kier alpha value is -2.27. The molecule has 104 valence electrons. The molecule has 3 heterocycles. The molecule has 0 bridgehead atoms. The predicted molar refractivity (Wildman–Crippen MR) is 83.1 cm³/mol. The van der Waals surface area contributed by atoms with Gasteiger partial charge in [-0.3, -0.25) is 9.97 Å². The zero-order chi connectivity index (χ0) is 14.7. The lowest BCUT2D eigenvalue weighted by atomic mass is 10.2. The number of hydrogen-bond donors (Lipinski definition) is 0. The topological polar surface area (TPSA) is 51.6 Å². The Morgan fingerprint density at radius 3 is 2.10 bits per heavy atom. The summed E-state index contributed by atoms with van der Waals surface area (Å²) in [5.41, 5.74) is 3.08. The summed E-state index contributed by atoms with van der Waals surface area (Å²) in [6.45, 7) is 4.06. The average Bonchev–Trinajstić information content (AvgIpc) is 2.53. The first kappa shape index (κ1) is 13.7. The van der Waals surface area contributed by atoms with E-state index in [1.54, 1.807) is 36.5 Å². The molecular weight excluding hydrogens is 280 g/mol. The maximum atomic E-state index is 4.70. The summed E-state index contributed by atoms with van der Waals surface area (Å²) < 4.78 is 0. The number of nitrogens with zero attached hydrogens (tertiary/aromatic N) is 4. The summed E-state index contributed by atoms with van der Waals surface area (Å²) in [4.78, 5) is 18.5. The zero-order valence-electron chi connectivity index (χ0n) is 11.8. The van der Waals surface area contributed by atoms with E-state index in [9.17, 15) is 0 Å². The molecule has 0 N–H and O–H groups in total. The predicted octanol–water partition coefficient (Wildman–Crippen LogP) is 3.70. The van der Waals surface area contributed by atoms with Crippen LogP contribution in [-0.2, 0) is 0 Å². The molecule has 0 radical (unpaired) electrons. The van der Waals surface area contributed by atoms with E-state index in [-0.39, 0.29) is 0 Å². The second kappa shape index (κ2) is 6.01. The Balaban J connectivity index is 2.02. The molecule has 0 aromatic carbocycles. The van der Waals surface area contributed by atoms with Gasteiger partial charge in [0.1, 0.15) is 5.03 Å². The first-order chi connectivity index (χ1) is 10.2. The quantitative estimate of drug-likeness (QED) is 0.689. The third-order valence-corrected chi connectivity index (χ3v) is 4.25. The Bertz CT molecular complexity index is 745. The van der Waals surface area contributed by atoms with Gasteiger partial charge in [0.05, 0.1) is 0 Å². The molecule has 0 amide bonds. The van der Waals surface area contributed by atoms with Crippen LogP contribution in [0.4, 0.5) is 0 Å². The van der Waals surface area contributed by atoms with Crippen LogP contribution in [0.15, 0.2) is 59.0 Å². The van der Waals surface area contributed by atoms with Crippen molar-refractivity contribution in [2.75, 3.05) is 0 Å². The molecule has 0 aliphatic carbocycles. The van der Waals surface area contributed by atoms with Gasteiger partial charge in [-0.2, -0.15) is 0 Å². The molecule has 0 saturated heterocycles. The molecule has 3 aromatic rings. The van der Waals surface area contributed by atoms with Gasteiger partial charge in [-0.15, -0.1) is 0 Å². The molecule has 0 atom stereocenters. The molecule has 0 spiro atoms. The van der Waals surface area contributed by atoms with Crippen LogP contribution in [0, 0.1) is 13.8 Å². The lowest BCUT2D eigenvalue weighted by Crippen LogP contribution is -1.98. The van der Waals surface area contributed by atoms with Crippen LogP contribution in [0.1, 0.15) is 11.3 Å². The van der Waals surface area contributed by atoms with Gasteiger partial charge in [0.25, 0.3) is 0 Å². The monoisotopic (exact) mass is 294 g/mol. The van der Waals surface area contributed by atoms with Gasteiger partial charge >= 0.3 is 0 Å². The van der Waals surface area contributed by atoms with Gasteiger partial charge in [-0.25, -0.2) is 9.97 Å². The van der Waals surface area contributed by atoms with Crippen molar-refractivity contribution in [3.05, 3.63) is 60.3 Å². The van der Waals surface area contributed by atoms with E-state index in [0.717, 1.165) is 32.6 Å². The standard InChI is InChI=1S/C16H14N4S/c1-11-12(2)19-15(13-3-7-17-8-4-13)20-16(11)21-14-5-9-18-10-6-14/h3-10H,1-2H3. The molecule has 5 heteroatoms. The van der Waals surface area contributed by atoms with Gasteiger partial charge in [-0.1, -0.05) is 11.8 Å². The summed E-state index contributed by atoms with van der Waals surface area (Å²) in [6, 6.07) is 7.80. The number of rotatable bonds is 3. The Morgan fingerprint density at radius 1 is 0.810 bits per heavy atom. The van der Waals surface area contributed by atoms with E-state index in [1.165, 1.54) is 0 Å². The molecule has 0 aliphatic heterocycles. The van der Waals surface area contributed by atoms with E-state index in [2.05, 4.69) is 21.9 Å². The molecule has 3 rings (SSSR count). The minimum absolute atomic E-state index is 0.733. The number of aromatic nitrogens is 4. The summed E-state index contributed by atoms with van der Waals surface area (Å²) in [5.74, 6) is 0.733. The molecule has 0 unspecified atom stereocenters. The van der Waals surface area contributed by atoms with Crippen LogP contribution < -0.4 is 0 Å². The molecular formula is C16H14N4S. The minimum atomic E-state index is 0.733. The van der Waals surface area contributed by atoms with Crippen LogP contribution in [0.25, 0.3) is 11.4 Å². The van der Waals surface area contributed by atoms with E-state index < -0.39 is 0 Å². The first-order valence-electron chi connectivity index (χ1n) is 6.57. The van der Waals surface area contributed by atoms with Crippen molar-refractivity contribution in [2.24, 2.45) is 0 Å². The van der Waals surface area contributed by atoms with Gasteiger partial charge in [0, 0.05) is 46.5 Å². The van der Waals surface area contributed by atoms with E-state index >= 15 is 0 Å². The third-order valence-electron chi connectivity index (χ3n) is 3.15. The van der Waals surface area contributed by atoms with Crippen LogP contribution >= 0.6 is 11.8 Å². The summed E-state index contributed by atoms with van der Waals surface area (Å²) in [6.07, 6.45) is 7.08. The molecule has 21 heavy (non-hydrogen) atoms. The minimum Gasteiger partial charge on any atom is -0.265 e. The number of hydrogen-bond acceptors (Lipinski definition) is 5. The highest BCUT2D eigenvalue weighted by Crippen LogP contribution is 2.30. The van der Waals surface area contributed by atoms with Crippen molar-refractivity contribution < 1.29 is 0 Å². The number of aryl methyl sites for hydroxylation is 1. The maximum Gasteiger partial charge on any atom is 0.160 e. The highest BCUT2D eigenvalue weighted by atomic mass is 32.2. The highest BCUT2D eigenvalue weighted by Gasteiger charge is 2.11. The molecule has 0 fully saturated rings. The second-order valence-corrected chi connectivity index (χ2v) is 5.65. The number of pyridine rings is 2. The highest BCUT2D eigenvalue weighted by molar-refractivity contribution is 7.99. The Labute approximate surface area is 127 Å². The maximum absolute atomic E-state index is 4.70. The summed E-state index contributed by atoms with van der Waals surface area (Å²) in [7, 11) is 0. The van der Waals surface area contributed by atoms with Gasteiger partial charge in [0.2, 0.25) is 0 Å². The smallest absolute Gasteiger partial charge is 0.160 e. The lowest BCUT2D eigenvalue weighted by Gasteiger charge is -2.10. The second-order valence-electron chi connectivity index (χ2n) is 4.58. The van der Waals surface area contributed by atoms with Crippen LogP contribution in [0.5, 0.6) is 0 Å². The largest absolute Gasteiger partial charge is 0.265 e. The van der Waals surface area contributed by atoms with Crippen LogP contribution in [0.2, 0.25) is 0 Å². The first-order valence-corrected chi connectivity index (χ1v) is 7.39. The van der Waals surface area contributed by atoms with Crippen molar-refractivity contribution in [2.45, 2.75) is 23.8 Å². The molecule has 0 aliphatic rings. The fraction of sp³-hybridized carbons (Fsp3) is 0.125. The Kier molecular flexibility index (Phi) is 3.92. The molecule has 0 saturated carbocycles. The zero-order valence-corrected chi connectivity index (χ0v) is 12.6. The summed E-state index contributed by atoms with van der Waals surface area (Å²) >= 11 is 1.63.